The molecule has 0 unspecified atom stereocenters. The number of rotatable bonds is 6. The lowest BCUT2D eigenvalue weighted by atomic mass is 9.87. The summed E-state index contributed by atoms with van der Waals surface area (Å²) in [6.07, 6.45) is 1.36. The predicted molar refractivity (Wildman–Crippen MR) is 134 cm³/mol. The van der Waals surface area contributed by atoms with E-state index in [1.165, 1.54) is 11.3 Å². The molecule has 178 valence electrons. The van der Waals surface area contributed by atoms with E-state index in [2.05, 4.69) is 11.1 Å². The number of hydrogen-bond donors (Lipinski definition) is 0. The average molecular weight is 479 g/mol. The SMILES string of the molecule is COc1ccc(-c2nc(C)c(C(=O)N3CCC(C(=O)c4ccc(C)cc4C)CC3)s2)cc1OC. The quantitative estimate of drug-likeness (QED) is 0.439. The maximum Gasteiger partial charge on any atom is 0.265 e. The molecule has 0 bridgehead atoms. The Labute approximate surface area is 204 Å². The Bertz CT molecular complexity index is 1230. The minimum atomic E-state index is -0.0460. The number of piperidine rings is 1. The topological polar surface area (TPSA) is 68.7 Å². The standard InChI is InChI=1S/C27H30N2O4S/c1-16-6-8-21(17(2)14-16)24(30)19-10-12-29(13-11-19)27(31)25-18(3)28-26(34-25)20-7-9-22(32-4)23(15-20)33-5/h6-9,14-15,19H,10-13H2,1-5H3. The highest BCUT2D eigenvalue weighted by atomic mass is 32.1. The van der Waals surface area contributed by atoms with Crippen LogP contribution in [-0.4, -0.2) is 48.9 Å². The molecule has 1 aliphatic heterocycles. The summed E-state index contributed by atoms with van der Waals surface area (Å²) >= 11 is 1.39. The molecular weight excluding hydrogens is 448 g/mol. The first kappa shape index (κ1) is 24.0. The lowest BCUT2D eigenvalue weighted by Crippen LogP contribution is -2.40. The molecule has 1 saturated heterocycles. The second-order valence-corrected chi connectivity index (χ2v) is 9.75. The van der Waals surface area contributed by atoms with Crippen molar-refractivity contribution >= 4 is 23.0 Å². The average Bonchev–Trinajstić information content (AvgIpc) is 3.24. The molecule has 0 atom stereocenters. The molecule has 0 spiro atoms. The fourth-order valence-corrected chi connectivity index (χ4v) is 5.52. The van der Waals surface area contributed by atoms with Crippen LogP contribution in [0.15, 0.2) is 36.4 Å². The number of ether oxygens (including phenoxy) is 2. The van der Waals surface area contributed by atoms with Crippen LogP contribution in [0.1, 0.15) is 49.7 Å². The number of Topliss-reactive ketones (excluding diaryl/α,β-unsaturated/α-hetero) is 1. The van der Waals surface area contributed by atoms with E-state index in [0.29, 0.717) is 48.0 Å². The number of amides is 1. The van der Waals surface area contributed by atoms with Crippen molar-refractivity contribution in [2.45, 2.75) is 33.6 Å². The third-order valence-electron chi connectivity index (χ3n) is 6.42. The monoisotopic (exact) mass is 478 g/mol. The number of nitrogens with zero attached hydrogens (tertiary/aromatic N) is 2. The van der Waals surface area contributed by atoms with Gasteiger partial charge < -0.3 is 14.4 Å². The van der Waals surface area contributed by atoms with Gasteiger partial charge in [0, 0.05) is 30.1 Å². The maximum atomic E-state index is 13.3. The zero-order valence-corrected chi connectivity index (χ0v) is 21.1. The molecule has 3 aromatic rings. The van der Waals surface area contributed by atoms with Gasteiger partial charge in [-0.15, -0.1) is 11.3 Å². The molecule has 6 nitrogen and oxygen atoms in total. The molecule has 0 aliphatic carbocycles. The zero-order valence-electron chi connectivity index (χ0n) is 20.3. The molecule has 1 fully saturated rings. The van der Waals surface area contributed by atoms with Gasteiger partial charge in [-0.3, -0.25) is 9.59 Å². The fourth-order valence-electron chi connectivity index (χ4n) is 4.49. The number of hydrogen-bond acceptors (Lipinski definition) is 6. The van der Waals surface area contributed by atoms with Gasteiger partial charge in [0.2, 0.25) is 0 Å². The minimum absolute atomic E-state index is 0.0147. The summed E-state index contributed by atoms with van der Waals surface area (Å²) in [5, 5.41) is 0.765. The second-order valence-electron chi connectivity index (χ2n) is 8.75. The lowest BCUT2D eigenvalue weighted by Gasteiger charge is -2.31. The third-order valence-corrected chi connectivity index (χ3v) is 7.62. The number of benzene rings is 2. The van der Waals surface area contributed by atoms with Crippen LogP contribution in [0, 0.1) is 26.7 Å². The van der Waals surface area contributed by atoms with Crippen LogP contribution < -0.4 is 9.47 Å². The number of thiazole rings is 1. The summed E-state index contributed by atoms with van der Waals surface area (Å²) in [4.78, 5) is 33.5. The smallest absolute Gasteiger partial charge is 0.265 e. The van der Waals surface area contributed by atoms with Gasteiger partial charge >= 0.3 is 0 Å². The molecule has 34 heavy (non-hydrogen) atoms. The Morgan fingerprint density at radius 3 is 2.32 bits per heavy atom. The summed E-state index contributed by atoms with van der Waals surface area (Å²) in [6, 6.07) is 11.6. The molecule has 4 rings (SSSR count). The van der Waals surface area contributed by atoms with Crippen molar-refractivity contribution in [1.82, 2.24) is 9.88 Å². The minimum Gasteiger partial charge on any atom is -0.493 e. The van der Waals surface area contributed by atoms with Crippen LogP contribution in [0.25, 0.3) is 10.6 Å². The van der Waals surface area contributed by atoms with Crippen molar-refractivity contribution in [2.75, 3.05) is 27.3 Å². The van der Waals surface area contributed by atoms with Crippen molar-refractivity contribution in [3.63, 3.8) is 0 Å². The van der Waals surface area contributed by atoms with E-state index in [4.69, 9.17) is 9.47 Å². The molecule has 7 heteroatoms. The molecular formula is C27H30N2O4S. The third kappa shape index (κ3) is 4.71. The molecule has 1 aromatic heterocycles. The number of ketones is 1. The van der Waals surface area contributed by atoms with E-state index in [9.17, 15) is 9.59 Å². The van der Waals surface area contributed by atoms with Crippen molar-refractivity contribution < 1.29 is 19.1 Å². The summed E-state index contributed by atoms with van der Waals surface area (Å²) < 4.78 is 10.7. The molecule has 1 amide bonds. The van der Waals surface area contributed by atoms with Gasteiger partial charge in [-0.25, -0.2) is 4.98 Å². The Kier molecular flexibility index (Phi) is 7.03. The van der Waals surface area contributed by atoms with Gasteiger partial charge in [-0.2, -0.15) is 0 Å². The summed E-state index contributed by atoms with van der Waals surface area (Å²) in [7, 11) is 3.19. The van der Waals surface area contributed by atoms with Gasteiger partial charge in [-0.05, 0) is 57.4 Å². The normalized spacial score (nSPS) is 14.2. The first-order chi connectivity index (χ1) is 16.3. The fraction of sp³-hybridized carbons (Fsp3) is 0.370. The Hall–Kier alpha value is -3.19. The van der Waals surface area contributed by atoms with E-state index in [1.54, 1.807) is 14.2 Å². The van der Waals surface area contributed by atoms with Crippen molar-refractivity contribution in [1.29, 1.82) is 0 Å². The van der Waals surface area contributed by atoms with E-state index < -0.39 is 0 Å². The molecule has 0 N–H and O–H groups in total. The maximum absolute atomic E-state index is 13.3. The number of carbonyl (C=O) groups excluding carboxylic acids is 2. The highest BCUT2D eigenvalue weighted by Crippen LogP contribution is 2.35. The van der Waals surface area contributed by atoms with Crippen LogP contribution in [-0.2, 0) is 0 Å². The number of aryl methyl sites for hydroxylation is 3. The summed E-state index contributed by atoms with van der Waals surface area (Å²) in [5.41, 5.74) is 4.57. The van der Waals surface area contributed by atoms with Crippen LogP contribution in [0.3, 0.4) is 0 Å². The Morgan fingerprint density at radius 1 is 0.971 bits per heavy atom. The van der Waals surface area contributed by atoms with Gasteiger partial charge in [0.05, 0.1) is 19.9 Å². The molecule has 0 saturated carbocycles. The van der Waals surface area contributed by atoms with Crippen molar-refractivity contribution in [2.24, 2.45) is 5.92 Å². The largest absolute Gasteiger partial charge is 0.493 e. The molecule has 2 heterocycles. The first-order valence-corrected chi connectivity index (χ1v) is 12.2. The summed E-state index contributed by atoms with van der Waals surface area (Å²) in [5.74, 6) is 1.40. The molecule has 0 radical (unpaired) electrons. The van der Waals surface area contributed by atoms with Crippen LogP contribution in [0.5, 0.6) is 11.5 Å². The molecule has 1 aliphatic rings. The number of aromatic nitrogens is 1. The van der Waals surface area contributed by atoms with Gasteiger partial charge in [0.25, 0.3) is 5.91 Å². The number of carbonyl (C=O) groups is 2. The van der Waals surface area contributed by atoms with Crippen LogP contribution in [0.2, 0.25) is 0 Å². The second kappa shape index (κ2) is 9.97. The van der Waals surface area contributed by atoms with Gasteiger partial charge in [0.15, 0.2) is 17.3 Å². The zero-order chi connectivity index (χ0) is 24.4. The number of likely N-dealkylation sites (tertiary alicyclic amines) is 1. The Balaban J connectivity index is 1.46. The van der Waals surface area contributed by atoms with Gasteiger partial charge in [0.1, 0.15) is 9.88 Å². The lowest BCUT2D eigenvalue weighted by molar-refractivity contribution is 0.0653. The highest BCUT2D eigenvalue weighted by Gasteiger charge is 2.30. The van der Waals surface area contributed by atoms with Crippen molar-refractivity contribution in [3.05, 3.63) is 63.7 Å². The van der Waals surface area contributed by atoms with E-state index >= 15 is 0 Å². The van der Waals surface area contributed by atoms with Crippen molar-refractivity contribution in [3.8, 4) is 22.1 Å². The molecule has 2 aromatic carbocycles. The van der Waals surface area contributed by atoms with Crippen LogP contribution >= 0.6 is 11.3 Å². The highest BCUT2D eigenvalue weighted by molar-refractivity contribution is 7.17. The number of methoxy groups -OCH3 is 2. The predicted octanol–water partition coefficient (Wildman–Crippen LogP) is 5.49. The van der Waals surface area contributed by atoms with Gasteiger partial charge in [-0.1, -0.05) is 23.8 Å². The first-order valence-electron chi connectivity index (χ1n) is 11.4. The van der Waals surface area contributed by atoms with E-state index in [0.717, 1.165) is 27.3 Å². The summed E-state index contributed by atoms with van der Waals surface area (Å²) in [6.45, 7) is 7.03. The Morgan fingerprint density at radius 2 is 1.68 bits per heavy atom. The van der Waals surface area contributed by atoms with E-state index in [-0.39, 0.29) is 17.6 Å². The van der Waals surface area contributed by atoms with E-state index in [1.807, 2.05) is 56.0 Å². The van der Waals surface area contributed by atoms with Crippen LogP contribution in [0.4, 0.5) is 0 Å².